The van der Waals surface area contributed by atoms with E-state index in [4.69, 9.17) is 4.74 Å². The molecule has 0 bridgehead atoms. The molecule has 3 atom stereocenters. The number of unbranched alkanes of at least 4 members (excludes halogenated alkanes) is 1. The van der Waals surface area contributed by atoms with Crippen LogP contribution in [-0.4, -0.2) is 11.9 Å². The van der Waals surface area contributed by atoms with Crippen molar-refractivity contribution in [3.8, 4) is 5.75 Å². The van der Waals surface area contributed by atoms with E-state index >= 15 is 0 Å². The van der Waals surface area contributed by atoms with Gasteiger partial charge in [-0.3, -0.25) is 0 Å². The molecule has 27 heavy (non-hydrogen) atoms. The minimum atomic E-state index is -0.625. The molecule has 0 fully saturated rings. The summed E-state index contributed by atoms with van der Waals surface area (Å²) in [6.45, 7) is 7.00. The molecule has 3 nitrogen and oxygen atoms in total. The monoisotopic (exact) mass is 449 g/mol. The Morgan fingerprint density at radius 1 is 1.15 bits per heavy atom. The number of alkyl halides is 1. The number of quaternary nitrogens is 1. The molecule has 146 valence electrons. The van der Waals surface area contributed by atoms with Crippen molar-refractivity contribution in [1.82, 2.24) is 0 Å². The van der Waals surface area contributed by atoms with Gasteiger partial charge in [0.25, 0.3) is 0 Å². The third-order valence-corrected chi connectivity index (χ3v) is 7.67. The second-order valence-corrected chi connectivity index (χ2v) is 9.44. The first-order valence-corrected chi connectivity index (χ1v) is 11.6. The number of fused-ring (bicyclic) bond motifs is 1. The first kappa shape index (κ1) is 20.7. The number of hydrogen-bond acceptors (Lipinski definition) is 3. The van der Waals surface area contributed by atoms with E-state index in [1.54, 1.807) is 11.8 Å². The van der Waals surface area contributed by atoms with Crippen molar-refractivity contribution in [2.24, 2.45) is 5.92 Å². The highest BCUT2D eigenvalue weighted by Gasteiger charge is 2.50. The van der Waals surface area contributed by atoms with E-state index in [2.05, 4.69) is 54.0 Å². The fraction of sp³-hybridized carbons (Fsp3) is 0.455. The normalized spacial score (nSPS) is 24.7. The molecule has 1 N–H and O–H groups in total. The lowest BCUT2D eigenvalue weighted by Crippen LogP contribution is -3.15. The molecule has 3 unspecified atom stereocenters. The van der Waals surface area contributed by atoms with Gasteiger partial charge in [0.05, 0.1) is 12.2 Å². The van der Waals surface area contributed by atoms with Crippen LogP contribution in [0.4, 0.5) is 0 Å². The van der Waals surface area contributed by atoms with Gasteiger partial charge in [-0.25, -0.2) is 0 Å². The Bertz CT molecular complexity index is 769. The molecule has 5 heteroatoms. The van der Waals surface area contributed by atoms with Crippen molar-refractivity contribution < 1.29 is 9.80 Å². The van der Waals surface area contributed by atoms with Gasteiger partial charge in [0.15, 0.2) is 4.87 Å². The Hall–Kier alpha value is -1.01. The van der Waals surface area contributed by atoms with E-state index in [-0.39, 0.29) is 17.0 Å². The van der Waals surface area contributed by atoms with Gasteiger partial charge >= 0.3 is 0 Å². The molecule has 1 aliphatic heterocycles. The number of ether oxygens (including phenoxy) is 1. The first-order chi connectivity index (χ1) is 13.0. The predicted octanol–water partition coefficient (Wildman–Crippen LogP) is 5.30. The Morgan fingerprint density at radius 3 is 2.59 bits per heavy atom. The topological polar surface area (TPSA) is 36.7 Å². The van der Waals surface area contributed by atoms with Crippen LogP contribution >= 0.6 is 27.7 Å². The Labute approximate surface area is 175 Å². The summed E-state index contributed by atoms with van der Waals surface area (Å²) in [4.78, 5) is 0.576. The molecule has 3 rings (SSSR count). The fourth-order valence-electron chi connectivity index (χ4n) is 3.80. The minimum Gasteiger partial charge on any atom is -0.633 e. The number of nitrogens with one attached hydrogen (secondary N) is 1. The summed E-state index contributed by atoms with van der Waals surface area (Å²) >= 11 is 5.17. The fourth-order valence-corrected chi connectivity index (χ4v) is 5.84. The Kier molecular flexibility index (Phi) is 6.90. The van der Waals surface area contributed by atoms with Gasteiger partial charge in [0.2, 0.25) is 0 Å². The SMILES string of the molecule is CC1c2ccccc2SC(c2ccccc2OCCCCBr)(C(C)C)[NH+]1[O-]. The summed E-state index contributed by atoms with van der Waals surface area (Å²) in [5.41, 5.74) is 2.15. The van der Waals surface area contributed by atoms with E-state index in [1.165, 1.54) is 4.90 Å². The summed E-state index contributed by atoms with van der Waals surface area (Å²) in [6.07, 6.45) is 2.07. The standard InChI is InChI=1S/C22H28BrNO2S/c1-16(2)22(19-11-5-6-12-20(19)26-15-9-8-14-23)24(25)17(3)18-10-4-7-13-21(18)27-22/h4-7,10-13,16-17,24H,8-9,14-15H2,1-3H3. The van der Waals surface area contributed by atoms with E-state index in [0.717, 1.165) is 35.0 Å². The smallest absolute Gasteiger partial charge is 0.180 e. The van der Waals surface area contributed by atoms with Crippen LogP contribution in [0.25, 0.3) is 0 Å². The number of benzene rings is 2. The second kappa shape index (κ2) is 8.99. The Balaban J connectivity index is 2.04. The highest BCUT2D eigenvalue weighted by Crippen LogP contribution is 2.50. The van der Waals surface area contributed by atoms with Gasteiger partial charge in [0.1, 0.15) is 11.8 Å². The lowest BCUT2D eigenvalue weighted by molar-refractivity contribution is -0.929. The van der Waals surface area contributed by atoms with E-state index in [0.29, 0.717) is 6.61 Å². The largest absolute Gasteiger partial charge is 0.633 e. The summed E-state index contributed by atoms with van der Waals surface area (Å²) in [6, 6.07) is 16.3. The third kappa shape index (κ3) is 3.93. The van der Waals surface area contributed by atoms with Crippen molar-refractivity contribution in [2.75, 3.05) is 11.9 Å². The average molecular weight is 450 g/mol. The highest BCUT2D eigenvalue weighted by atomic mass is 79.9. The van der Waals surface area contributed by atoms with Crippen molar-refractivity contribution in [1.29, 1.82) is 0 Å². The number of para-hydroxylation sites is 1. The van der Waals surface area contributed by atoms with Gasteiger partial charge < -0.3 is 15.0 Å². The molecular weight excluding hydrogens is 422 g/mol. The number of rotatable bonds is 7. The molecule has 2 aromatic rings. The molecule has 0 saturated carbocycles. The van der Waals surface area contributed by atoms with Crippen LogP contribution in [0.15, 0.2) is 53.4 Å². The van der Waals surface area contributed by atoms with Crippen LogP contribution in [0, 0.1) is 11.1 Å². The van der Waals surface area contributed by atoms with E-state index < -0.39 is 4.87 Å². The molecule has 1 heterocycles. The van der Waals surface area contributed by atoms with Crippen LogP contribution in [0.5, 0.6) is 5.75 Å². The summed E-state index contributed by atoms with van der Waals surface area (Å²) in [5.74, 6) is 0.992. The van der Waals surface area contributed by atoms with Crippen LogP contribution in [-0.2, 0) is 4.87 Å². The van der Waals surface area contributed by atoms with Gasteiger partial charge in [-0.15, -0.1) is 0 Å². The predicted molar refractivity (Wildman–Crippen MR) is 117 cm³/mol. The first-order valence-electron chi connectivity index (χ1n) is 9.63. The molecular formula is C22H28BrNO2S. The molecule has 0 aromatic heterocycles. The minimum absolute atomic E-state index is 0.119. The average Bonchev–Trinajstić information content (AvgIpc) is 2.68. The van der Waals surface area contributed by atoms with E-state index in [1.807, 2.05) is 31.2 Å². The number of hydroxylamine groups is 2. The maximum atomic E-state index is 13.7. The quantitative estimate of drug-likeness (QED) is 0.353. The second-order valence-electron chi connectivity index (χ2n) is 7.36. The molecule has 0 spiro atoms. The number of hydrogen-bond donors (Lipinski definition) is 1. The highest BCUT2D eigenvalue weighted by molar-refractivity contribution is 9.09. The number of halogens is 1. The van der Waals surface area contributed by atoms with Gasteiger partial charge in [0, 0.05) is 21.7 Å². The lowest BCUT2D eigenvalue weighted by atomic mass is 9.91. The van der Waals surface area contributed by atoms with Crippen molar-refractivity contribution in [3.05, 3.63) is 64.9 Å². The van der Waals surface area contributed by atoms with Crippen LogP contribution in [0.2, 0.25) is 0 Å². The van der Waals surface area contributed by atoms with Crippen LogP contribution in [0.1, 0.15) is 50.8 Å². The van der Waals surface area contributed by atoms with Gasteiger partial charge in [-0.05, 0) is 38.0 Å². The van der Waals surface area contributed by atoms with Gasteiger partial charge in [-0.1, -0.05) is 71.9 Å². The van der Waals surface area contributed by atoms with Gasteiger partial charge in [-0.2, -0.15) is 0 Å². The van der Waals surface area contributed by atoms with Crippen LogP contribution < -0.4 is 9.80 Å². The zero-order chi connectivity index (χ0) is 19.4. The Morgan fingerprint density at radius 2 is 1.85 bits per heavy atom. The molecule has 0 amide bonds. The molecule has 2 aromatic carbocycles. The maximum Gasteiger partial charge on any atom is 0.180 e. The van der Waals surface area contributed by atoms with Crippen LogP contribution in [0.3, 0.4) is 0 Å². The lowest BCUT2D eigenvalue weighted by Gasteiger charge is -2.52. The zero-order valence-corrected chi connectivity index (χ0v) is 18.6. The molecule has 1 aliphatic rings. The third-order valence-electron chi connectivity index (χ3n) is 5.30. The maximum absolute atomic E-state index is 13.7. The summed E-state index contributed by atoms with van der Waals surface area (Å²) < 4.78 is 6.15. The molecule has 0 aliphatic carbocycles. The summed E-state index contributed by atoms with van der Waals surface area (Å²) in [7, 11) is 0. The molecule has 0 radical (unpaired) electrons. The van der Waals surface area contributed by atoms with Crippen molar-refractivity contribution >= 4 is 27.7 Å². The number of thioether (sulfide) groups is 1. The zero-order valence-electron chi connectivity index (χ0n) is 16.2. The van der Waals surface area contributed by atoms with Crippen molar-refractivity contribution in [3.63, 3.8) is 0 Å². The van der Waals surface area contributed by atoms with Crippen molar-refractivity contribution in [2.45, 2.75) is 49.4 Å². The van der Waals surface area contributed by atoms with E-state index in [9.17, 15) is 5.21 Å². The molecule has 0 saturated heterocycles. The summed E-state index contributed by atoms with van der Waals surface area (Å²) in [5, 5.41) is 15.0.